The Kier molecular flexibility index (Phi) is 3.24. The number of aromatic nitrogens is 2. The van der Waals surface area contributed by atoms with E-state index in [4.69, 9.17) is 5.26 Å². The molecule has 1 heterocycles. The van der Waals surface area contributed by atoms with Gasteiger partial charge in [-0.15, -0.1) is 0 Å². The fourth-order valence-electron chi connectivity index (χ4n) is 1.85. The summed E-state index contributed by atoms with van der Waals surface area (Å²) in [5.41, 5.74) is 5.88. The maximum absolute atomic E-state index is 8.48. The highest BCUT2D eigenvalue weighted by atomic mass is 15.1. The molecule has 2 rings (SSSR count). The average Bonchev–Trinajstić information content (AvgIpc) is 2.38. The molecular formula is C14H14N4. The fraction of sp³-hybridized carbons (Fsp3) is 0.214. The summed E-state index contributed by atoms with van der Waals surface area (Å²) in [5, 5.41) is 10.9. The lowest BCUT2D eigenvalue weighted by molar-refractivity contribution is 1.16. The van der Waals surface area contributed by atoms with Crippen LogP contribution in [-0.2, 0) is 0 Å². The van der Waals surface area contributed by atoms with Crippen LogP contribution in [0.5, 0.6) is 0 Å². The Bertz CT molecular complexity index is 609. The van der Waals surface area contributed by atoms with Crippen molar-refractivity contribution in [1.82, 2.24) is 9.97 Å². The predicted octanol–water partition coefficient (Wildman–Crippen LogP) is 2.96. The molecule has 1 N–H and O–H groups in total. The summed E-state index contributed by atoms with van der Waals surface area (Å²) < 4.78 is 0. The Labute approximate surface area is 106 Å². The van der Waals surface area contributed by atoms with Crippen LogP contribution >= 0.6 is 0 Å². The summed E-state index contributed by atoms with van der Waals surface area (Å²) >= 11 is 0. The highest BCUT2D eigenvalue weighted by molar-refractivity contribution is 5.68. The summed E-state index contributed by atoms with van der Waals surface area (Å²) in [7, 11) is 0. The number of nitrogens with zero attached hydrogens (tertiary/aromatic N) is 3. The van der Waals surface area contributed by atoms with Gasteiger partial charge in [-0.05, 0) is 43.0 Å². The molecule has 0 fully saturated rings. The van der Waals surface area contributed by atoms with E-state index < -0.39 is 0 Å². The largest absolute Gasteiger partial charge is 0.261 e. The first-order valence-corrected chi connectivity index (χ1v) is 5.68. The highest BCUT2D eigenvalue weighted by Gasteiger charge is 2.07. The molecule has 4 heteroatoms. The van der Waals surface area contributed by atoms with E-state index in [0.717, 1.165) is 11.1 Å². The molecule has 1 aromatic carbocycles. The second-order valence-electron chi connectivity index (χ2n) is 4.21. The second-order valence-corrected chi connectivity index (χ2v) is 4.21. The van der Waals surface area contributed by atoms with Gasteiger partial charge in [-0.3, -0.25) is 5.32 Å². The van der Waals surface area contributed by atoms with Crippen molar-refractivity contribution >= 4 is 5.95 Å². The maximum atomic E-state index is 8.48. The van der Waals surface area contributed by atoms with E-state index in [1.54, 1.807) is 18.6 Å². The van der Waals surface area contributed by atoms with Crippen molar-refractivity contribution in [3.05, 3.63) is 41.2 Å². The van der Waals surface area contributed by atoms with E-state index in [1.165, 1.54) is 16.7 Å². The lowest BCUT2D eigenvalue weighted by Gasteiger charge is -2.11. The average molecular weight is 238 g/mol. The monoisotopic (exact) mass is 238 g/mol. The number of rotatable bonds is 2. The van der Waals surface area contributed by atoms with Crippen LogP contribution in [0.15, 0.2) is 24.5 Å². The highest BCUT2D eigenvalue weighted by Crippen LogP contribution is 2.26. The third-order valence-electron chi connectivity index (χ3n) is 3.19. The first kappa shape index (κ1) is 12.1. The Hall–Kier alpha value is -2.41. The molecule has 0 bridgehead atoms. The van der Waals surface area contributed by atoms with Crippen LogP contribution in [0.2, 0.25) is 0 Å². The van der Waals surface area contributed by atoms with E-state index in [0.29, 0.717) is 5.95 Å². The molecular weight excluding hydrogens is 224 g/mol. The van der Waals surface area contributed by atoms with Crippen LogP contribution < -0.4 is 5.32 Å². The second kappa shape index (κ2) is 4.84. The molecule has 4 nitrogen and oxygen atoms in total. The van der Waals surface area contributed by atoms with Crippen molar-refractivity contribution in [2.45, 2.75) is 20.8 Å². The van der Waals surface area contributed by atoms with Gasteiger partial charge >= 0.3 is 0 Å². The summed E-state index contributed by atoms with van der Waals surface area (Å²) in [5.74, 6) is 0.322. The molecule has 2 aromatic rings. The van der Waals surface area contributed by atoms with E-state index in [-0.39, 0.29) is 0 Å². The molecule has 1 aromatic heterocycles. The molecule has 0 saturated heterocycles. The Morgan fingerprint density at radius 1 is 1.06 bits per heavy atom. The van der Waals surface area contributed by atoms with E-state index in [2.05, 4.69) is 48.2 Å². The van der Waals surface area contributed by atoms with Crippen LogP contribution in [0.3, 0.4) is 0 Å². The van der Waals surface area contributed by atoms with Crippen molar-refractivity contribution in [2.75, 3.05) is 5.32 Å². The zero-order valence-corrected chi connectivity index (χ0v) is 10.7. The van der Waals surface area contributed by atoms with Gasteiger partial charge in [-0.1, -0.05) is 12.1 Å². The molecule has 0 spiro atoms. The van der Waals surface area contributed by atoms with Gasteiger partial charge in [-0.2, -0.15) is 5.26 Å². The van der Waals surface area contributed by atoms with Crippen molar-refractivity contribution < 1.29 is 0 Å². The third kappa shape index (κ3) is 2.16. The van der Waals surface area contributed by atoms with Crippen molar-refractivity contribution in [3.8, 4) is 17.3 Å². The van der Waals surface area contributed by atoms with Gasteiger partial charge in [0.1, 0.15) is 0 Å². The molecule has 0 aliphatic rings. The van der Waals surface area contributed by atoms with Gasteiger partial charge in [-0.25, -0.2) is 9.97 Å². The van der Waals surface area contributed by atoms with Crippen LogP contribution in [0.25, 0.3) is 11.1 Å². The summed E-state index contributed by atoms with van der Waals surface area (Å²) in [4.78, 5) is 8.19. The molecule has 90 valence electrons. The summed E-state index contributed by atoms with van der Waals surface area (Å²) in [6.07, 6.45) is 5.25. The molecule has 0 amide bonds. The van der Waals surface area contributed by atoms with Gasteiger partial charge < -0.3 is 0 Å². The molecule has 0 aliphatic carbocycles. The molecule has 0 atom stereocenters. The molecule has 0 radical (unpaired) electrons. The smallest absolute Gasteiger partial charge is 0.236 e. The SMILES string of the molecule is Cc1ccc(-c2cnc(NC#N)nc2)c(C)c1C. The van der Waals surface area contributed by atoms with Crippen molar-refractivity contribution in [2.24, 2.45) is 0 Å². The van der Waals surface area contributed by atoms with Gasteiger partial charge in [0.15, 0.2) is 6.19 Å². The van der Waals surface area contributed by atoms with Gasteiger partial charge in [0.25, 0.3) is 0 Å². The third-order valence-corrected chi connectivity index (χ3v) is 3.19. The van der Waals surface area contributed by atoms with Crippen molar-refractivity contribution in [3.63, 3.8) is 0 Å². The van der Waals surface area contributed by atoms with E-state index in [1.807, 2.05) is 0 Å². The minimum absolute atomic E-state index is 0.322. The minimum atomic E-state index is 0.322. The van der Waals surface area contributed by atoms with Crippen LogP contribution in [0.1, 0.15) is 16.7 Å². The zero-order valence-electron chi connectivity index (χ0n) is 10.7. The lowest BCUT2D eigenvalue weighted by Crippen LogP contribution is -1.96. The first-order chi connectivity index (χ1) is 8.63. The number of nitriles is 1. The van der Waals surface area contributed by atoms with E-state index in [9.17, 15) is 0 Å². The molecule has 0 aliphatic heterocycles. The van der Waals surface area contributed by atoms with Crippen LogP contribution in [0, 0.1) is 32.2 Å². The Balaban J connectivity index is 2.44. The number of anilines is 1. The lowest BCUT2D eigenvalue weighted by atomic mass is 9.96. The first-order valence-electron chi connectivity index (χ1n) is 5.68. The quantitative estimate of drug-likeness (QED) is 0.645. The number of nitrogens with one attached hydrogen (secondary N) is 1. The molecule has 0 unspecified atom stereocenters. The number of aryl methyl sites for hydroxylation is 1. The number of hydrogen-bond donors (Lipinski definition) is 1. The summed E-state index contributed by atoms with van der Waals surface area (Å²) in [6.45, 7) is 6.31. The molecule has 0 saturated carbocycles. The van der Waals surface area contributed by atoms with Gasteiger partial charge in [0.2, 0.25) is 5.95 Å². The van der Waals surface area contributed by atoms with Crippen molar-refractivity contribution in [1.29, 1.82) is 5.26 Å². The van der Waals surface area contributed by atoms with Crippen LogP contribution in [-0.4, -0.2) is 9.97 Å². The van der Waals surface area contributed by atoms with Gasteiger partial charge in [0, 0.05) is 18.0 Å². The normalized spacial score (nSPS) is 9.89. The van der Waals surface area contributed by atoms with Crippen LogP contribution in [0.4, 0.5) is 5.95 Å². The summed E-state index contributed by atoms with van der Waals surface area (Å²) in [6, 6.07) is 4.17. The zero-order chi connectivity index (χ0) is 13.1. The van der Waals surface area contributed by atoms with E-state index >= 15 is 0 Å². The maximum Gasteiger partial charge on any atom is 0.236 e. The number of hydrogen-bond acceptors (Lipinski definition) is 4. The Morgan fingerprint density at radius 2 is 1.72 bits per heavy atom. The minimum Gasteiger partial charge on any atom is -0.261 e. The number of benzene rings is 1. The van der Waals surface area contributed by atoms with Gasteiger partial charge in [0.05, 0.1) is 0 Å². The predicted molar refractivity (Wildman–Crippen MR) is 70.9 cm³/mol. The Morgan fingerprint density at radius 3 is 2.33 bits per heavy atom. The fourth-order valence-corrected chi connectivity index (χ4v) is 1.85. The molecule has 18 heavy (non-hydrogen) atoms. The topological polar surface area (TPSA) is 61.6 Å². The standard InChI is InChI=1S/C14H14N4/c1-9-4-5-13(11(3)10(9)2)12-6-16-14(17-7-12)18-8-15/h4-7H,1-3H3,(H,16,17,18).